The highest BCUT2D eigenvalue weighted by Gasteiger charge is 2.17. The summed E-state index contributed by atoms with van der Waals surface area (Å²) in [7, 11) is 0. The van der Waals surface area contributed by atoms with Gasteiger partial charge in [-0.15, -0.1) is 0 Å². The van der Waals surface area contributed by atoms with Gasteiger partial charge in [0, 0.05) is 18.3 Å². The highest BCUT2D eigenvalue weighted by Crippen LogP contribution is 2.30. The van der Waals surface area contributed by atoms with Crippen LogP contribution in [0.25, 0.3) is 10.9 Å². The van der Waals surface area contributed by atoms with Gasteiger partial charge in [0.15, 0.2) is 0 Å². The van der Waals surface area contributed by atoms with E-state index in [9.17, 15) is 5.11 Å². The zero-order chi connectivity index (χ0) is 12.5. The van der Waals surface area contributed by atoms with Gasteiger partial charge >= 0.3 is 0 Å². The van der Waals surface area contributed by atoms with Crippen molar-refractivity contribution < 1.29 is 5.11 Å². The second kappa shape index (κ2) is 4.77. The van der Waals surface area contributed by atoms with E-state index in [0.717, 1.165) is 18.0 Å². The first-order valence-electron chi connectivity index (χ1n) is 7.01. The molecular formula is C16H21NO. The molecule has 0 saturated heterocycles. The molecule has 2 aromatic rings. The molecule has 0 aliphatic heterocycles. The largest absolute Gasteiger partial charge is 0.389 e. The summed E-state index contributed by atoms with van der Waals surface area (Å²) < 4.78 is 2.34. The van der Waals surface area contributed by atoms with Crippen LogP contribution in [0.4, 0.5) is 0 Å². The number of aromatic nitrogens is 1. The summed E-state index contributed by atoms with van der Waals surface area (Å²) in [5, 5.41) is 11.2. The summed E-state index contributed by atoms with van der Waals surface area (Å²) in [4.78, 5) is 0. The zero-order valence-corrected chi connectivity index (χ0v) is 11.0. The first-order valence-corrected chi connectivity index (χ1v) is 7.01. The van der Waals surface area contributed by atoms with E-state index in [1.54, 1.807) is 0 Å². The van der Waals surface area contributed by atoms with Crippen LogP contribution < -0.4 is 0 Å². The number of aliphatic hydroxyl groups is 1. The van der Waals surface area contributed by atoms with Crippen LogP contribution in [-0.4, -0.2) is 9.67 Å². The molecule has 0 radical (unpaired) electrons. The van der Waals surface area contributed by atoms with Crippen molar-refractivity contribution in [1.82, 2.24) is 4.57 Å². The molecule has 1 aliphatic carbocycles. The Morgan fingerprint density at radius 3 is 2.78 bits per heavy atom. The average molecular weight is 243 g/mol. The maximum atomic E-state index is 9.91. The Hall–Kier alpha value is -1.28. The lowest BCUT2D eigenvalue weighted by molar-refractivity contribution is 0.200. The maximum absolute atomic E-state index is 9.91. The lowest BCUT2D eigenvalue weighted by Crippen LogP contribution is -2.07. The van der Waals surface area contributed by atoms with Crippen molar-refractivity contribution in [2.75, 3.05) is 0 Å². The van der Waals surface area contributed by atoms with E-state index in [0.29, 0.717) is 0 Å². The molecule has 0 amide bonds. The van der Waals surface area contributed by atoms with Crippen molar-refractivity contribution in [3.05, 3.63) is 36.0 Å². The van der Waals surface area contributed by atoms with Crippen molar-refractivity contribution in [3.63, 3.8) is 0 Å². The minimum absolute atomic E-state index is 0.397. The van der Waals surface area contributed by atoms with Crippen molar-refractivity contribution >= 4 is 10.9 Å². The Morgan fingerprint density at radius 1 is 1.28 bits per heavy atom. The standard InChI is InChI=1S/C16H21NO/c1-12(18)15-8-4-7-14-9-10-17(16(14)15)11-13-5-2-3-6-13/h4,7-10,12-13,18H,2-3,5-6,11H2,1H3. The Bertz CT molecular complexity index is 535. The van der Waals surface area contributed by atoms with Gasteiger partial charge in [-0.05, 0) is 37.1 Å². The SMILES string of the molecule is CC(O)c1cccc2ccn(CC3CCCC3)c12. The molecule has 0 bridgehead atoms. The van der Waals surface area contributed by atoms with Gasteiger partial charge in [0.1, 0.15) is 0 Å². The number of aliphatic hydroxyl groups excluding tert-OH is 1. The second-order valence-electron chi connectivity index (χ2n) is 5.58. The number of nitrogens with zero attached hydrogens (tertiary/aromatic N) is 1. The van der Waals surface area contributed by atoms with Crippen LogP contribution in [0.1, 0.15) is 44.3 Å². The highest BCUT2D eigenvalue weighted by molar-refractivity contribution is 5.83. The van der Waals surface area contributed by atoms with Gasteiger partial charge in [-0.25, -0.2) is 0 Å². The maximum Gasteiger partial charge on any atom is 0.0782 e. The van der Waals surface area contributed by atoms with Crippen molar-refractivity contribution in [1.29, 1.82) is 0 Å². The van der Waals surface area contributed by atoms with Crippen LogP contribution in [0.15, 0.2) is 30.5 Å². The summed E-state index contributed by atoms with van der Waals surface area (Å²) in [5.41, 5.74) is 2.27. The third kappa shape index (κ3) is 2.05. The molecule has 1 fully saturated rings. The van der Waals surface area contributed by atoms with Gasteiger partial charge in [0.25, 0.3) is 0 Å². The lowest BCUT2D eigenvalue weighted by Gasteiger charge is -2.15. The highest BCUT2D eigenvalue weighted by atomic mass is 16.3. The zero-order valence-electron chi connectivity index (χ0n) is 11.0. The Balaban J connectivity index is 2.00. The molecule has 1 aromatic heterocycles. The fourth-order valence-electron chi connectivity index (χ4n) is 3.25. The summed E-state index contributed by atoms with van der Waals surface area (Å²) >= 11 is 0. The molecule has 1 heterocycles. The predicted molar refractivity (Wildman–Crippen MR) is 74.5 cm³/mol. The molecule has 1 aliphatic rings. The predicted octanol–water partition coefficient (Wildman–Crippen LogP) is 3.88. The molecule has 2 nitrogen and oxygen atoms in total. The van der Waals surface area contributed by atoms with E-state index in [-0.39, 0.29) is 0 Å². The van der Waals surface area contributed by atoms with Crippen LogP contribution >= 0.6 is 0 Å². The van der Waals surface area contributed by atoms with E-state index in [2.05, 4.69) is 22.9 Å². The Morgan fingerprint density at radius 2 is 2.06 bits per heavy atom. The fraction of sp³-hybridized carbons (Fsp3) is 0.500. The summed E-state index contributed by atoms with van der Waals surface area (Å²) in [5.74, 6) is 0.822. The molecule has 96 valence electrons. The van der Waals surface area contributed by atoms with Crippen LogP contribution in [-0.2, 0) is 6.54 Å². The first-order chi connectivity index (χ1) is 8.75. The number of hydrogen-bond acceptors (Lipinski definition) is 1. The van der Waals surface area contributed by atoms with Crippen molar-refractivity contribution in [2.24, 2.45) is 5.92 Å². The van der Waals surface area contributed by atoms with Gasteiger partial charge in [-0.1, -0.05) is 31.0 Å². The van der Waals surface area contributed by atoms with Gasteiger partial charge in [-0.2, -0.15) is 0 Å². The molecule has 0 spiro atoms. The Labute approximate surface area is 108 Å². The smallest absolute Gasteiger partial charge is 0.0782 e. The average Bonchev–Trinajstić information content (AvgIpc) is 2.99. The number of para-hydroxylation sites is 1. The van der Waals surface area contributed by atoms with E-state index >= 15 is 0 Å². The molecule has 1 saturated carbocycles. The second-order valence-corrected chi connectivity index (χ2v) is 5.58. The molecule has 1 atom stereocenters. The molecule has 1 unspecified atom stereocenters. The van der Waals surface area contributed by atoms with Crippen LogP contribution in [0.2, 0.25) is 0 Å². The number of benzene rings is 1. The van der Waals surface area contributed by atoms with Crippen LogP contribution in [0, 0.1) is 5.92 Å². The molecule has 18 heavy (non-hydrogen) atoms. The normalized spacial score (nSPS) is 18.6. The van der Waals surface area contributed by atoms with Crippen LogP contribution in [0.5, 0.6) is 0 Å². The Kier molecular flexibility index (Phi) is 3.13. The van der Waals surface area contributed by atoms with E-state index < -0.39 is 6.10 Å². The van der Waals surface area contributed by atoms with Gasteiger partial charge in [0.05, 0.1) is 11.6 Å². The molecule has 1 N–H and O–H groups in total. The fourth-order valence-corrected chi connectivity index (χ4v) is 3.25. The van der Waals surface area contributed by atoms with Crippen LogP contribution in [0.3, 0.4) is 0 Å². The van der Waals surface area contributed by atoms with Gasteiger partial charge in [0.2, 0.25) is 0 Å². The summed E-state index contributed by atoms with van der Waals surface area (Å²) in [6.07, 6.45) is 7.26. The minimum Gasteiger partial charge on any atom is -0.389 e. The lowest BCUT2D eigenvalue weighted by atomic mass is 10.1. The number of fused-ring (bicyclic) bond motifs is 1. The topological polar surface area (TPSA) is 25.2 Å². The summed E-state index contributed by atoms with van der Waals surface area (Å²) in [6, 6.07) is 8.37. The summed E-state index contributed by atoms with van der Waals surface area (Å²) in [6.45, 7) is 2.95. The quantitative estimate of drug-likeness (QED) is 0.869. The first kappa shape index (κ1) is 11.8. The monoisotopic (exact) mass is 243 g/mol. The van der Waals surface area contributed by atoms with E-state index in [1.807, 2.05) is 19.1 Å². The molecule has 1 aromatic carbocycles. The van der Waals surface area contributed by atoms with Crippen molar-refractivity contribution in [3.8, 4) is 0 Å². The molecule has 3 rings (SSSR count). The van der Waals surface area contributed by atoms with Crippen molar-refractivity contribution in [2.45, 2.75) is 45.3 Å². The number of hydrogen-bond donors (Lipinski definition) is 1. The van der Waals surface area contributed by atoms with Gasteiger partial charge < -0.3 is 9.67 Å². The third-order valence-electron chi connectivity index (χ3n) is 4.20. The van der Waals surface area contributed by atoms with E-state index in [1.165, 1.54) is 36.6 Å². The van der Waals surface area contributed by atoms with E-state index in [4.69, 9.17) is 0 Å². The van der Waals surface area contributed by atoms with Gasteiger partial charge in [-0.3, -0.25) is 0 Å². The minimum atomic E-state index is -0.397. The number of rotatable bonds is 3. The third-order valence-corrected chi connectivity index (χ3v) is 4.20. The molecule has 2 heteroatoms. The molecular weight excluding hydrogens is 222 g/mol.